The lowest BCUT2D eigenvalue weighted by Gasteiger charge is -2.31. The molecule has 0 atom stereocenters. The molecule has 0 spiro atoms. The maximum absolute atomic E-state index is 12.6. The van der Waals surface area contributed by atoms with Crippen molar-refractivity contribution < 1.29 is 9.53 Å². The fourth-order valence-corrected chi connectivity index (χ4v) is 3.90. The minimum absolute atomic E-state index is 0.0355. The van der Waals surface area contributed by atoms with E-state index >= 15 is 0 Å². The van der Waals surface area contributed by atoms with E-state index in [9.17, 15) is 4.79 Å². The SMILES string of the molecule is COc1ccc2c(C)nc(N3CCC(C(=O)NCc4ccc(C)cc4)CC3)nc2c1. The van der Waals surface area contributed by atoms with E-state index in [-0.39, 0.29) is 11.8 Å². The van der Waals surface area contributed by atoms with Crippen molar-refractivity contribution in [1.29, 1.82) is 0 Å². The van der Waals surface area contributed by atoms with Crippen molar-refractivity contribution in [1.82, 2.24) is 15.3 Å². The van der Waals surface area contributed by atoms with Crippen LogP contribution >= 0.6 is 0 Å². The number of nitrogens with zero attached hydrogens (tertiary/aromatic N) is 3. The summed E-state index contributed by atoms with van der Waals surface area (Å²) < 4.78 is 5.33. The topological polar surface area (TPSA) is 67.3 Å². The van der Waals surface area contributed by atoms with E-state index in [1.54, 1.807) is 7.11 Å². The van der Waals surface area contributed by atoms with E-state index in [2.05, 4.69) is 41.4 Å². The summed E-state index contributed by atoms with van der Waals surface area (Å²) in [6.45, 7) is 6.20. The largest absolute Gasteiger partial charge is 0.497 e. The van der Waals surface area contributed by atoms with Crippen molar-refractivity contribution in [2.24, 2.45) is 5.92 Å². The second kappa shape index (κ2) is 8.69. The summed E-state index contributed by atoms with van der Waals surface area (Å²) in [7, 11) is 1.66. The highest BCUT2D eigenvalue weighted by atomic mass is 16.5. The number of methoxy groups -OCH3 is 1. The number of ether oxygens (including phenoxy) is 1. The zero-order valence-corrected chi connectivity index (χ0v) is 17.8. The first-order chi connectivity index (χ1) is 14.5. The van der Waals surface area contributed by atoms with Crippen molar-refractivity contribution in [2.75, 3.05) is 25.1 Å². The van der Waals surface area contributed by atoms with Crippen LogP contribution in [0.3, 0.4) is 0 Å². The fraction of sp³-hybridized carbons (Fsp3) is 0.375. The summed E-state index contributed by atoms with van der Waals surface area (Å²) >= 11 is 0. The number of hydrogen-bond acceptors (Lipinski definition) is 5. The molecule has 0 saturated carbocycles. The van der Waals surface area contributed by atoms with E-state index in [0.29, 0.717) is 6.54 Å². The van der Waals surface area contributed by atoms with Gasteiger partial charge in [-0.1, -0.05) is 29.8 Å². The van der Waals surface area contributed by atoms with E-state index in [4.69, 9.17) is 14.7 Å². The van der Waals surface area contributed by atoms with Gasteiger partial charge >= 0.3 is 0 Å². The third kappa shape index (κ3) is 4.37. The van der Waals surface area contributed by atoms with E-state index in [1.165, 1.54) is 5.56 Å². The third-order valence-electron chi connectivity index (χ3n) is 5.82. The van der Waals surface area contributed by atoms with Crippen LogP contribution in [0.15, 0.2) is 42.5 Å². The van der Waals surface area contributed by atoms with Crippen LogP contribution in [-0.4, -0.2) is 36.1 Å². The Bertz CT molecular complexity index is 1040. The molecule has 30 heavy (non-hydrogen) atoms. The quantitative estimate of drug-likeness (QED) is 0.701. The van der Waals surface area contributed by atoms with Gasteiger partial charge in [0, 0.05) is 37.0 Å². The Morgan fingerprint density at radius 2 is 1.83 bits per heavy atom. The van der Waals surface area contributed by atoms with Crippen LogP contribution in [0.4, 0.5) is 5.95 Å². The van der Waals surface area contributed by atoms with Crippen LogP contribution in [0.1, 0.15) is 29.7 Å². The molecule has 0 radical (unpaired) electrons. The number of hydrogen-bond donors (Lipinski definition) is 1. The smallest absolute Gasteiger partial charge is 0.226 e. The van der Waals surface area contributed by atoms with Gasteiger partial charge in [-0.05, 0) is 44.4 Å². The Labute approximate surface area is 177 Å². The molecule has 6 nitrogen and oxygen atoms in total. The van der Waals surface area contributed by atoms with E-state index in [0.717, 1.165) is 59.8 Å². The zero-order valence-electron chi connectivity index (χ0n) is 17.8. The molecule has 4 rings (SSSR count). The highest BCUT2D eigenvalue weighted by molar-refractivity contribution is 5.83. The number of aryl methyl sites for hydroxylation is 2. The van der Waals surface area contributed by atoms with Crippen molar-refractivity contribution >= 4 is 22.8 Å². The summed E-state index contributed by atoms with van der Waals surface area (Å²) in [5.41, 5.74) is 4.19. The molecule has 2 heterocycles. The summed E-state index contributed by atoms with van der Waals surface area (Å²) in [6.07, 6.45) is 1.61. The highest BCUT2D eigenvalue weighted by Crippen LogP contribution is 2.26. The predicted octanol–water partition coefficient (Wildman–Crippen LogP) is 3.79. The lowest BCUT2D eigenvalue weighted by atomic mass is 9.96. The molecule has 1 aliphatic heterocycles. The van der Waals surface area contributed by atoms with Crippen molar-refractivity contribution in [3.8, 4) is 5.75 Å². The molecule has 156 valence electrons. The number of piperidine rings is 1. The highest BCUT2D eigenvalue weighted by Gasteiger charge is 2.26. The first-order valence-corrected chi connectivity index (χ1v) is 10.4. The molecule has 6 heteroatoms. The molecule has 1 aromatic heterocycles. The van der Waals surface area contributed by atoms with Crippen molar-refractivity contribution in [2.45, 2.75) is 33.2 Å². The van der Waals surface area contributed by atoms with Gasteiger partial charge in [-0.15, -0.1) is 0 Å². The van der Waals surface area contributed by atoms with Gasteiger partial charge < -0.3 is 15.0 Å². The van der Waals surface area contributed by atoms with Gasteiger partial charge in [0.15, 0.2) is 0 Å². The second-order valence-electron chi connectivity index (χ2n) is 7.96. The number of nitrogens with one attached hydrogen (secondary N) is 1. The number of benzene rings is 2. The molecule has 0 aliphatic carbocycles. The van der Waals surface area contributed by atoms with Crippen LogP contribution in [0.2, 0.25) is 0 Å². The Kier molecular flexibility index (Phi) is 5.84. The van der Waals surface area contributed by atoms with Gasteiger partial charge in [0.1, 0.15) is 5.75 Å². The second-order valence-corrected chi connectivity index (χ2v) is 7.96. The first-order valence-electron chi connectivity index (χ1n) is 10.4. The normalized spacial score (nSPS) is 14.7. The van der Waals surface area contributed by atoms with Gasteiger partial charge in [-0.2, -0.15) is 0 Å². The van der Waals surface area contributed by atoms with E-state index in [1.807, 2.05) is 25.1 Å². The first kappa shape index (κ1) is 20.1. The van der Waals surface area contributed by atoms with Crippen LogP contribution in [0.5, 0.6) is 5.75 Å². The van der Waals surface area contributed by atoms with Gasteiger partial charge in [-0.3, -0.25) is 4.79 Å². The number of carbonyl (C=O) groups is 1. The Hall–Kier alpha value is -3.15. The Morgan fingerprint density at radius 3 is 2.53 bits per heavy atom. The molecule has 1 aliphatic rings. The molecule has 0 unspecified atom stereocenters. The summed E-state index contributed by atoms with van der Waals surface area (Å²) in [6, 6.07) is 14.1. The number of fused-ring (bicyclic) bond motifs is 1. The minimum Gasteiger partial charge on any atom is -0.497 e. The van der Waals surface area contributed by atoms with Gasteiger partial charge in [0.25, 0.3) is 0 Å². The summed E-state index contributed by atoms with van der Waals surface area (Å²) in [4.78, 5) is 24.2. The number of rotatable bonds is 5. The lowest BCUT2D eigenvalue weighted by molar-refractivity contribution is -0.125. The van der Waals surface area contributed by atoms with Crippen LogP contribution in [0.25, 0.3) is 10.9 Å². The number of anilines is 1. The van der Waals surface area contributed by atoms with E-state index < -0.39 is 0 Å². The third-order valence-corrected chi connectivity index (χ3v) is 5.82. The number of carbonyl (C=O) groups excluding carboxylic acids is 1. The van der Waals surface area contributed by atoms with Crippen LogP contribution < -0.4 is 15.0 Å². The summed E-state index contributed by atoms with van der Waals surface area (Å²) in [5.74, 6) is 1.69. The maximum atomic E-state index is 12.6. The van der Waals surface area contributed by atoms with Crippen molar-refractivity contribution in [3.05, 3.63) is 59.3 Å². The molecule has 1 N–H and O–H groups in total. The Balaban J connectivity index is 1.38. The molecule has 1 saturated heterocycles. The maximum Gasteiger partial charge on any atom is 0.226 e. The van der Waals surface area contributed by atoms with Gasteiger partial charge in [-0.25, -0.2) is 9.97 Å². The average Bonchev–Trinajstić information content (AvgIpc) is 2.78. The predicted molar refractivity (Wildman–Crippen MR) is 119 cm³/mol. The monoisotopic (exact) mass is 404 g/mol. The zero-order chi connectivity index (χ0) is 21.1. The van der Waals surface area contributed by atoms with Gasteiger partial charge in [0.05, 0.1) is 18.3 Å². The van der Waals surface area contributed by atoms with Gasteiger partial charge in [0.2, 0.25) is 11.9 Å². The summed E-state index contributed by atoms with van der Waals surface area (Å²) in [5, 5.41) is 4.12. The molecule has 3 aromatic rings. The van der Waals surface area contributed by atoms with Crippen LogP contribution in [0, 0.1) is 19.8 Å². The minimum atomic E-state index is 0.0355. The average molecular weight is 405 g/mol. The number of amides is 1. The molecular weight excluding hydrogens is 376 g/mol. The van der Waals surface area contributed by atoms with Crippen LogP contribution in [-0.2, 0) is 11.3 Å². The standard InChI is InChI=1S/C24H28N4O2/c1-16-4-6-18(7-5-16)15-25-23(29)19-10-12-28(13-11-19)24-26-17(2)21-9-8-20(30-3)14-22(21)27-24/h4-9,14,19H,10-13,15H2,1-3H3,(H,25,29). The number of aromatic nitrogens is 2. The molecule has 1 amide bonds. The molecule has 1 fully saturated rings. The Morgan fingerprint density at radius 1 is 1.10 bits per heavy atom. The fourth-order valence-electron chi connectivity index (χ4n) is 3.90. The van der Waals surface area contributed by atoms with Crippen molar-refractivity contribution in [3.63, 3.8) is 0 Å². The lowest BCUT2D eigenvalue weighted by Crippen LogP contribution is -2.41. The molecular formula is C24H28N4O2. The molecule has 0 bridgehead atoms. The molecule has 2 aromatic carbocycles.